The van der Waals surface area contributed by atoms with E-state index in [0.29, 0.717) is 43.2 Å². The van der Waals surface area contributed by atoms with E-state index in [2.05, 4.69) is 10.5 Å². The zero-order valence-electron chi connectivity index (χ0n) is 16.6. The van der Waals surface area contributed by atoms with Crippen LogP contribution in [0.3, 0.4) is 0 Å². The summed E-state index contributed by atoms with van der Waals surface area (Å²) >= 11 is 0. The van der Waals surface area contributed by atoms with Gasteiger partial charge in [-0.05, 0) is 44.0 Å². The van der Waals surface area contributed by atoms with Gasteiger partial charge in [0.15, 0.2) is 5.82 Å². The van der Waals surface area contributed by atoms with Crippen LogP contribution in [0.5, 0.6) is 0 Å². The topological polar surface area (TPSA) is 95.8 Å². The Morgan fingerprint density at radius 3 is 2.50 bits per heavy atom. The van der Waals surface area contributed by atoms with E-state index in [1.54, 1.807) is 30.0 Å². The average molecular weight is 414 g/mol. The second-order valence-electron chi connectivity index (χ2n) is 7.79. The summed E-state index contributed by atoms with van der Waals surface area (Å²) in [6.07, 6.45) is 1.25. The van der Waals surface area contributed by atoms with Gasteiger partial charge in [-0.2, -0.15) is 0 Å². The highest BCUT2D eigenvalue weighted by Crippen LogP contribution is 2.28. The molecular formula is C21H23FN4O4. The maximum atomic E-state index is 13.1. The van der Waals surface area contributed by atoms with Crippen molar-refractivity contribution < 1.29 is 23.3 Å². The van der Waals surface area contributed by atoms with Crippen LogP contribution in [0.1, 0.15) is 25.0 Å². The van der Waals surface area contributed by atoms with E-state index in [1.165, 1.54) is 17.0 Å². The molecule has 0 radical (unpaired) electrons. The number of hydrogen-bond acceptors (Lipinski definition) is 5. The van der Waals surface area contributed by atoms with Crippen LogP contribution in [0, 0.1) is 24.6 Å². The number of anilines is 2. The van der Waals surface area contributed by atoms with Crippen LogP contribution >= 0.6 is 0 Å². The minimum Gasteiger partial charge on any atom is -0.360 e. The number of nitrogens with one attached hydrogen (secondary N) is 1. The number of likely N-dealkylation sites (tertiary alicyclic amines) is 1. The van der Waals surface area contributed by atoms with Crippen molar-refractivity contribution in [3.05, 3.63) is 41.9 Å². The third-order valence-corrected chi connectivity index (χ3v) is 5.67. The number of rotatable bonds is 4. The molecule has 1 aromatic carbocycles. The van der Waals surface area contributed by atoms with Gasteiger partial charge in [0.2, 0.25) is 17.7 Å². The van der Waals surface area contributed by atoms with Gasteiger partial charge in [0, 0.05) is 43.7 Å². The molecule has 1 atom stereocenters. The van der Waals surface area contributed by atoms with Crippen LogP contribution in [-0.4, -0.2) is 47.4 Å². The molecule has 30 heavy (non-hydrogen) atoms. The maximum absolute atomic E-state index is 13.1. The molecule has 9 heteroatoms. The minimum absolute atomic E-state index is 0.0704. The molecule has 2 aromatic rings. The summed E-state index contributed by atoms with van der Waals surface area (Å²) in [6, 6.07) is 7.34. The van der Waals surface area contributed by atoms with Crippen LogP contribution in [0.15, 0.2) is 34.9 Å². The number of piperidine rings is 1. The summed E-state index contributed by atoms with van der Waals surface area (Å²) in [6.45, 7) is 2.97. The van der Waals surface area contributed by atoms with Crippen molar-refractivity contribution in [2.45, 2.75) is 26.2 Å². The SMILES string of the molecule is Cc1cc(NC(=O)C2CCN(C(=O)C3CC(=O)N(c4ccc(F)cc4)C3)CC2)no1. The normalized spacial score (nSPS) is 19.9. The van der Waals surface area contributed by atoms with E-state index < -0.39 is 5.92 Å². The summed E-state index contributed by atoms with van der Waals surface area (Å²) < 4.78 is 18.1. The molecule has 4 rings (SSSR count). The van der Waals surface area contributed by atoms with E-state index in [1.807, 2.05) is 0 Å². The van der Waals surface area contributed by atoms with Gasteiger partial charge in [0.05, 0.1) is 5.92 Å². The quantitative estimate of drug-likeness (QED) is 0.829. The third-order valence-electron chi connectivity index (χ3n) is 5.67. The molecule has 2 aliphatic heterocycles. The first-order valence-electron chi connectivity index (χ1n) is 9.99. The molecule has 0 saturated carbocycles. The number of carbonyl (C=O) groups excluding carboxylic acids is 3. The van der Waals surface area contributed by atoms with Crippen molar-refractivity contribution in [2.24, 2.45) is 11.8 Å². The first-order chi connectivity index (χ1) is 14.4. The van der Waals surface area contributed by atoms with E-state index in [0.717, 1.165) is 0 Å². The molecule has 2 aliphatic rings. The molecule has 0 aliphatic carbocycles. The number of benzene rings is 1. The van der Waals surface area contributed by atoms with Gasteiger partial charge < -0.3 is 19.6 Å². The Labute approximate surface area is 173 Å². The van der Waals surface area contributed by atoms with Crippen LogP contribution in [0.25, 0.3) is 0 Å². The lowest BCUT2D eigenvalue weighted by Gasteiger charge is -2.32. The lowest BCUT2D eigenvalue weighted by atomic mass is 9.94. The highest BCUT2D eigenvalue weighted by molar-refractivity contribution is 6.00. The van der Waals surface area contributed by atoms with E-state index in [-0.39, 0.29) is 42.4 Å². The Kier molecular flexibility index (Phi) is 5.52. The number of amides is 3. The largest absolute Gasteiger partial charge is 0.360 e. The minimum atomic E-state index is -0.425. The van der Waals surface area contributed by atoms with E-state index >= 15 is 0 Å². The smallest absolute Gasteiger partial charge is 0.228 e. The zero-order chi connectivity index (χ0) is 21.3. The van der Waals surface area contributed by atoms with Gasteiger partial charge >= 0.3 is 0 Å². The van der Waals surface area contributed by atoms with Gasteiger partial charge in [-0.25, -0.2) is 4.39 Å². The molecule has 1 aromatic heterocycles. The van der Waals surface area contributed by atoms with Gasteiger partial charge in [-0.3, -0.25) is 14.4 Å². The number of halogens is 1. The maximum Gasteiger partial charge on any atom is 0.228 e. The lowest BCUT2D eigenvalue weighted by Crippen LogP contribution is -2.44. The number of aryl methyl sites for hydroxylation is 1. The van der Waals surface area contributed by atoms with Crippen molar-refractivity contribution in [3.63, 3.8) is 0 Å². The third kappa shape index (κ3) is 4.19. The number of carbonyl (C=O) groups is 3. The highest BCUT2D eigenvalue weighted by Gasteiger charge is 2.38. The fourth-order valence-corrected chi connectivity index (χ4v) is 4.02. The second kappa shape index (κ2) is 8.25. The number of nitrogens with zero attached hydrogens (tertiary/aromatic N) is 3. The standard InChI is InChI=1S/C21H23FN4O4/c1-13-10-18(24-30-13)23-20(28)14-6-8-25(9-7-14)21(29)15-11-19(27)26(12-15)17-4-2-16(22)3-5-17/h2-5,10,14-15H,6-9,11-12H2,1H3,(H,23,24,28). The molecule has 8 nitrogen and oxygen atoms in total. The van der Waals surface area contributed by atoms with Crippen molar-refractivity contribution >= 4 is 29.2 Å². The molecular weight excluding hydrogens is 391 g/mol. The summed E-state index contributed by atoms with van der Waals surface area (Å²) in [5, 5.41) is 6.50. The molecule has 1 unspecified atom stereocenters. The van der Waals surface area contributed by atoms with E-state index in [9.17, 15) is 18.8 Å². The molecule has 3 heterocycles. The van der Waals surface area contributed by atoms with Gasteiger partial charge in [-0.15, -0.1) is 0 Å². The summed E-state index contributed by atoms with van der Waals surface area (Å²) in [4.78, 5) is 40.9. The van der Waals surface area contributed by atoms with Crippen molar-refractivity contribution in [2.75, 3.05) is 29.9 Å². The Hall–Kier alpha value is -3.23. The molecule has 158 valence electrons. The second-order valence-corrected chi connectivity index (χ2v) is 7.79. The molecule has 0 spiro atoms. The molecule has 3 amide bonds. The molecule has 2 fully saturated rings. The average Bonchev–Trinajstić information content (AvgIpc) is 3.33. The van der Waals surface area contributed by atoms with Crippen LogP contribution in [-0.2, 0) is 14.4 Å². The highest BCUT2D eigenvalue weighted by atomic mass is 19.1. The molecule has 0 bridgehead atoms. The monoisotopic (exact) mass is 414 g/mol. The Morgan fingerprint density at radius 1 is 1.17 bits per heavy atom. The molecule has 1 N–H and O–H groups in total. The predicted octanol–water partition coefficient (Wildman–Crippen LogP) is 2.35. The van der Waals surface area contributed by atoms with Crippen LogP contribution in [0.2, 0.25) is 0 Å². The lowest BCUT2D eigenvalue weighted by molar-refractivity contribution is -0.138. The van der Waals surface area contributed by atoms with E-state index in [4.69, 9.17) is 4.52 Å². The Balaban J connectivity index is 1.30. The van der Waals surface area contributed by atoms with Gasteiger partial charge in [0.1, 0.15) is 11.6 Å². The summed E-state index contributed by atoms with van der Waals surface area (Å²) in [7, 11) is 0. The molecule has 2 saturated heterocycles. The van der Waals surface area contributed by atoms with Crippen molar-refractivity contribution in [3.8, 4) is 0 Å². The first kappa shape index (κ1) is 20.1. The fourth-order valence-electron chi connectivity index (χ4n) is 4.02. The Morgan fingerprint density at radius 2 is 1.87 bits per heavy atom. The van der Waals surface area contributed by atoms with Crippen molar-refractivity contribution in [1.82, 2.24) is 10.1 Å². The van der Waals surface area contributed by atoms with Crippen LogP contribution in [0.4, 0.5) is 15.9 Å². The Bertz CT molecular complexity index is 950. The van der Waals surface area contributed by atoms with Crippen LogP contribution < -0.4 is 10.2 Å². The summed E-state index contributed by atoms with van der Waals surface area (Å²) in [5.41, 5.74) is 0.593. The first-order valence-corrected chi connectivity index (χ1v) is 9.99. The van der Waals surface area contributed by atoms with Crippen molar-refractivity contribution in [1.29, 1.82) is 0 Å². The predicted molar refractivity (Wildman–Crippen MR) is 106 cm³/mol. The fraction of sp³-hybridized carbons (Fsp3) is 0.429. The number of hydrogen-bond donors (Lipinski definition) is 1. The summed E-state index contributed by atoms with van der Waals surface area (Å²) in [5.74, 6) is -0.334. The zero-order valence-corrected chi connectivity index (χ0v) is 16.6. The van der Waals surface area contributed by atoms with Gasteiger partial charge in [0.25, 0.3) is 0 Å². The van der Waals surface area contributed by atoms with Gasteiger partial charge in [-0.1, -0.05) is 5.16 Å². The number of aromatic nitrogens is 1.